The molecule has 2 aromatic heterocycles. The number of carbonyl (C=O) groups excluding carboxylic acids is 1. The minimum absolute atomic E-state index is 0.141. The fraction of sp³-hybridized carbons (Fsp3) is 0.364. The van der Waals surface area contributed by atoms with Gasteiger partial charge in [-0.3, -0.25) is 14.3 Å². The topological polar surface area (TPSA) is 63.9 Å². The van der Waals surface area contributed by atoms with Crippen LogP contribution in [-0.2, 0) is 4.79 Å². The molecule has 0 fully saturated rings. The lowest BCUT2D eigenvalue weighted by Crippen LogP contribution is -2.33. The van der Waals surface area contributed by atoms with E-state index in [4.69, 9.17) is 0 Å². The Bertz CT molecular complexity index is 918. The number of amides is 1. The van der Waals surface area contributed by atoms with Crippen LogP contribution in [0.2, 0.25) is 0 Å². The van der Waals surface area contributed by atoms with Crippen LogP contribution >= 0.6 is 11.8 Å². The van der Waals surface area contributed by atoms with Crippen LogP contribution in [0.1, 0.15) is 32.3 Å². The van der Waals surface area contributed by atoms with E-state index in [0.29, 0.717) is 10.9 Å². The first-order valence-electron chi connectivity index (χ1n) is 9.97. The molecule has 0 atom stereocenters. The Balaban J connectivity index is 1.90. The fourth-order valence-electron chi connectivity index (χ4n) is 3.10. The molecule has 0 saturated carbocycles. The molecule has 0 bridgehead atoms. The Morgan fingerprint density at radius 3 is 2.28 bits per heavy atom. The zero-order valence-electron chi connectivity index (χ0n) is 17.2. The van der Waals surface area contributed by atoms with Crippen LogP contribution in [0.15, 0.2) is 53.9 Å². The summed E-state index contributed by atoms with van der Waals surface area (Å²) in [5, 5.41) is 9.53. The first-order chi connectivity index (χ1) is 14.1. The van der Waals surface area contributed by atoms with E-state index in [1.807, 2.05) is 21.6 Å². The number of aromatic nitrogens is 4. The highest BCUT2D eigenvalue weighted by molar-refractivity contribution is 7.99. The molecule has 152 valence electrons. The van der Waals surface area contributed by atoms with E-state index in [1.54, 1.807) is 12.4 Å². The summed E-state index contributed by atoms with van der Waals surface area (Å²) in [6.45, 7) is 7.83. The van der Waals surface area contributed by atoms with Crippen molar-refractivity contribution >= 4 is 17.7 Å². The van der Waals surface area contributed by atoms with Crippen molar-refractivity contribution in [1.82, 2.24) is 24.6 Å². The fourth-order valence-corrected chi connectivity index (χ4v) is 3.95. The Morgan fingerprint density at radius 2 is 1.66 bits per heavy atom. The third-order valence-electron chi connectivity index (χ3n) is 4.53. The first kappa shape index (κ1) is 21.0. The summed E-state index contributed by atoms with van der Waals surface area (Å²) in [7, 11) is 0. The lowest BCUT2D eigenvalue weighted by Gasteiger charge is -2.21. The Kier molecular flexibility index (Phi) is 7.41. The Morgan fingerprint density at radius 1 is 1.00 bits per heavy atom. The largest absolute Gasteiger partial charge is 0.342 e. The summed E-state index contributed by atoms with van der Waals surface area (Å²) in [4.78, 5) is 18.7. The molecule has 0 N–H and O–H groups in total. The highest BCUT2D eigenvalue weighted by Crippen LogP contribution is 2.28. The Labute approximate surface area is 176 Å². The van der Waals surface area contributed by atoms with Crippen LogP contribution in [0.5, 0.6) is 0 Å². The van der Waals surface area contributed by atoms with Crippen LogP contribution in [0.25, 0.3) is 17.1 Å². The second kappa shape index (κ2) is 10.2. The summed E-state index contributed by atoms with van der Waals surface area (Å²) in [6, 6.07) is 12.1. The smallest absolute Gasteiger partial charge is 0.233 e. The van der Waals surface area contributed by atoms with Crippen molar-refractivity contribution in [3.8, 4) is 17.1 Å². The monoisotopic (exact) mass is 409 g/mol. The van der Waals surface area contributed by atoms with Crippen LogP contribution in [0, 0.1) is 6.92 Å². The average molecular weight is 410 g/mol. The van der Waals surface area contributed by atoms with Gasteiger partial charge in [0.05, 0.1) is 5.75 Å². The maximum absolute atomic E-state index is 12.7. The van der Waals surface area contributed by atoms with Crippen molar-refractivity contribution < 1.29 is 4.79 Å². The second-order valence-electron chi connectivity index (χ2n) is 6.88. The molecular formula is C22H27N5OS. The summed E-state index contributed by atoms with van der Waals surface area (Å²) in [5.74, 6) is 1.23. The minimum atomic E-state index is 0.141. The van der Waals surface area contributed by atoms with Crippen LogP contribution in [-0.4, -0.2) is 49.4 Å². The maximum Gasteiger partial charge on any atom is 0.233 e. The third kappa shape index (κ3) is 5.23. The lowest BCUT2D eigenvalue weighted by atomic mass is 10.2. The van der Waals surface area contributed by atoms with Crippen LogP contribution in [0.3, 0.4) is 0 Å². The molecule has 1 amide bonds. The molecule has 0 aliphatic carbocycles. The number of hydrogen-bond donors (Lipinski definition) is 0. The SMILES string of the molecule is CCCN(CCC)C(=O)CSc1nnc(-c2ccncc2)n1-c1ccc(C)cc1. The van der Waals surface area contributed by atoms with Gasteiger partial charge in [0.15, 0.2) is 11.0 Å². The number of hydrogen-bond acceptors (Lipinski definition) is 5. The number of aryl methyl sites for hydroxylation is 1. The highest BCUT2D eigenvalue weighted by Gasteiger charge is 2.19. The normalized spacial score (nSPS) is 10.9. The van der Waals surface area contributed by atoms with E-state index in [-0.39, 0.29) is 5.91 Å². The molecule has 0 spiro atoms. The molecule has 0 unspecified atom stereocenters. The van der Waals surface area contributed by atoms with Crippen LogP contribution < -0.4 is 0 Å². The average Bonchev–Trinajstić information content (AvgIpc) is 3.17. The van der Waals surface area contributed by atoms with Crippen LogP contribution in [0.4, 0.5) is 0 Å². The molecule has 1 aromatic carbocycles. The summed E-state index contributed by atoms with van der Waals surface area (Å²) < 4.78 is 2.01. The van der Waals surface area contributed by atoms with Crippen molar-refractivity contribution in [2.45, 2.75) is 38.8 Å². The molecule has 3 rings (SSSR count). The van der Waals surface area contributed by atoms with E-state index in [9.17, 15) is 4.79 Å². The van der Waals surface area contributed by atoms with Gasteiger partial charge in [-0.15, -0.1) is 10.2 Å². The quantitative estimate of drug-likeness (QED) is 0.491. The van der Waals surface area contributed by atoms with Gasteiger partial charge in [-0.25, -0.2) is 0 Å². The first-order valence-corrected chi connectivity index (χ1v) is 11.0. The van der Waals surface area contributed by atoms with Gasteiger partial charge in [0, 0.05) is 36.7 Å². The maximum atomic E-state index is 12.7. The van der Waals surface area contributed by atoms with Crippen molar-refractivity contribution in [2.24, 2.45) is 0 Å². The predicted octanol–water partition coefficient (Wildman–Crippen LogP) is 4.38. The molecule has 7 heteroatoms. The van der Waals surface area contributed by atoms with Crippen molar-refractivity contribution in [2.75, 3.05) is 18.8 Å². The van der Waals surface area contributed by atoms with Crippen molar-refractivity contribution in [3.63, 3.8) is 0 Å². The summed E-state index contributed by atoms with van der Waals surface area (Å²) >= 11 is 1.43. The molecule has 0 aliphatic rings. The van der Waals surface area contributed by atoms with Gasteiger partial charge in [0.1, 0.15) is 0 Å². The van der Waals surface area contributed by atoms with Gasteiger partial charge in [0.2, 0.25) is 5.91 Å². The summed E-state index contributed by atoms with van der Waals surface area (Å²) in [5.41, 5.74) is 3.10. The van der Waals surface area contributed by atoms with Crippen molar-refractivity contribution in [1.29, 1.82) is 0 Å². The van der Waals surface area contributed by atoms with E-state index < -0.39 is 0 Å². The molecule has 0 radical (unpaired) electrons. The molecule has 0 saturated heterocycles. The molecular weight excluding hydrogens is 382 g/mol. The van der Waals surface area contributed by atoms with Gasteiger partial charge in [-0.2, -0.15) is 0 Å². The standard InChI is InChI=1S/C22H27N5OS/c1-4-14-26(15-5-2)20(28)16-29-22-25-24-21(18-10-12-23-13-11-18)27(22)19-8-6-17(3)7-9-19/h6-13H,4-5,14-16H2,1-3H3. The number of rotatable bonds is 9. The van der Waals surface area contributed by atoms with Crippen molar-refractivity contribution in [3.05, 3.63) is 54.4 Å². The number of nitrogens with zero attached hydrogens (tertiary/aromatic N) is 5. The van der Waals surface area contributed by atoms with E-state index >= 15 is 0 Å². The predicted molar refractivity (Wildman–Crippen MR) is 117 cm³/mol. The van der Waals surface area contributed by atoms with Gasteiger partial charge in [0.25, 0.3) is 0 Å². The van der Waals surface area contributed by atoms with Gasteiger partial charge < -0.3 is 4.90 Å². The lowest BCUT2D eigenvalue weighted by molar-refractivity contribution is -0.128. The van der Waals surface area contributed by atoms with E-state index in [2.05, 4.69) is 60.2 Å². The van der Waals surface area contributed by atoms with E-state index in [1.165, 1.54) is 17.3 Å². The summed E-state index contributed by atoms with van der Waals surface area (Å²) in [6.07, 6.45) is 5.41. The highest BCUT2D eigenvalue weighted by atomic mass is 32.2. The number of thioether (sulfide) groups is 1. The van der Waals surface area contributed by atoms with Gasteiger partial charge >= 0.3 is 0 Å². The number of carbonyl (C=O) groups is 1. The molecule has 6 nitrogen and oxygen atoms in total. The molecule has 0 aliphatic heterocycles. The minimum Gasteiger partial charge on any atom is -0.342 e. The second-order valence-corrected chi connectivity index (χ2v) is 7.82. The van der Waals surface area contributed by atoms with Gasteiger partial charge in [-0.05, 0) is 44.0 Å². The zero-order valence-corrected chi connectivity index (χ0v) is 18.0. The number of benzene rings is 1. The molecule has 3 aromatic rings. The molecule has 2 heterocycles. The third-order valence-corrected chi connectivity index (χ3v) is 5.44. The van der Waals surface area contributed by atoms with Gasteiger partial charge in [-0.1, -0.05) is 43.3 Å². The molecule has 29 heavy (non-hydrogen) atoms. The Hall–Kier alpha value is -2.67. The number of pyridine rings is 1. The zero-order chi connectivity index (χ0) is 20.6. The van der Waals surface area contributed by atoms with E-state index in [0.717, 1.165) is 43.0 Å².